The molecule has 4 rings (SSSR count). The maximum Gasteiger partial charge on any atom is 0.270 e. The molecular weight excluding hydrogens is 358 g/mol. The van der Waals surface area contributed by atoms with Crippen LogP contribution in [0.1, 0.15) is 16.9 Å². The van der Waals surface area contributed by atoms with E-state index in [1.165, 1.54) is 0 Å². The highest BCUT2D eigenvalue weighted by Crippen LogP contribution is 2.21. The highest BCUT2D eigenvalue weighted by atomic mass is 16.5. The first kappa shape index (κ1) is 17.9. The highest BCUT2D eigenvalue weighted by Gasteiger charge is 2.26. The summed E-state index contributed by atoms with van der Waals surface area (Å²) in [6.07, 6.45) is 7.82. The van der Waals surface area contributed by atoms with Crippen LogP contribution in [0.3, 0.4) is 0 Å². The van der Waals surface area contributed by atoms with Crippen molar-refractivity contribution in [3.63, 3.8) is 0 Å². The number of hydrogen-bond acceptors (Lipinski definition) is 7. The summed E-state index contributed by atoms with van der Waals surface area (Å²) in [4.78, 5) is 27.7. The van der Waals surface area contributed by atoms with Crippen molar-refractivity contribution < 1.29 is 9.53 Å². The third-order valence-electron chi connectivity index (χ3n) is 4.65. The molecule has 0 saturated carbocycles. The molecule has 1 atom stereocenters. The molecule has 1 saturated heterocycles. The second-order valence-corrected chi connectivity index (χ2v) is 6.63. The average molecular weight is 379 g/mol. The van der Waals surface area contributed by atoms with E-state index in [9.17, 15) is 4.79 Å². The number of methoxy groups -OCH3 is 1. The summed E-state index contributed by atoms with van der Waals surface area (Å²) in [5.41, 5.74) is 2.11. The average Bonchev–Trinajstić information content (AvgIpc) is 3.37. The monoisotopic (exact) mass is 379 g/mol. The Morgan fingerprint density at radius 2 is 2.14 bits per heavy atom. The van der Waals surface area contributed by atoms with E-state index in [4.69, 9.17) is 4.74 Å². The minimum Gasteiger partial charge on any atom is -0.497 e. The number of ether oxygens (including phenoxy) is 1. The lowest BCUT2D eigenvalue weighted by atomic mass is 10.2. The van der Waals surface area contributed by atoms with E-state index in [2.05, 4.69) is 30.3 Å². The summed E-state index contributed by atoms with van der Waals surface area (Å²) in [7, 11) is 3.43. The molecule has 1 fully saturated rings. The Morgan fingerprint density at radius 3 is 2.93 bits per heavy atom. The number of rotatable bonds is 5. The normalized spacial score (nSPS) is 16.2. The van der Waals surface area contributed by atoms with Crippen molar-refractivity contribution in [2.24, 2.45) is 7.05 Å². The van der Waals surface area contributed by atoms with E-state index in [1.807, 2.05) is 19.3 Å². The lowest BCUT2D eigenvalue weighted by Crippen LogP contribution is -2.37. The van der Waals surface area contributed by atoms with E-state index in [0.29, 0.717) is 23.9 Å². The van der Waals surface area contributed by atoms with Crippen molar-refractivity contribution in [3.8, 4) is 17.0 Å². The van der Waals surface area contributed by atoms with Crippen molar-refractivity contribution >= 4 is 11.9 Å². The van der Waals surface area contributed by atoms with Gasteiger partial charge in [0.1, 0.15) is 11.4 Å². The van der Waals surface area contributed by atoms with Crippen molar-refractivity contribution in [3.05, 3.63) is 48.7 Å². The Bertz CT molecular complexity index is 988. The van der Waals surface area contributed by atoms with Crippen molar-refractivity contribution in [2.45, 2.75) is 12.5 Å². The summed E-state index contributed by atoms with van der Waals surface area (Å²) < 4.78 is 6.89. The molecule has 3 aromatic heterocycles. The number of anilines is 1. The van der Waals surface area contributed by atoms with E-state index in [-0.39, 0.29) is 11.9 Å². The zero-order valence-electron chi connectivity index (χ0n) is 15.7. The molecule has 1 aliphatic heterocycles. The molecule has 0 bridgehead atoms. The fourth-order valence-electron chi connectivity index (χ4n) is 3.20. The predicted octanol–water partition coefficient (Wildman–Crippen LogP) is 1.29. The number of hydrogen-bond donors (Lipinski definition) is 1. The summed E-state index contributed by atoms with van der Waals surface area (Å²) >= 11 is 0. The number of pyridine rings is 1. The largest absolute Gasteiger partial charge is 0.497 e. The Balaban J connectivity index is 1.42. The van der Waals surface area contributed by atoms with Crippen LogP contribution < -0.4 is 15.0 Å². The molecule has 9 heteroatoms. The van der Waals surface area contributed by atoms with Crippen LogP contribution in [-0.4, -0.2) is 56.9 Å². The van der Waals surface area contributed by atoms with Gasteiger partial charge in [0.25, 0.3) is 5.91 Å². The van der Waals surface area contributed by atoms with Crippen LogP contribution in [-0.2, 0) is 7.05 Å². The molecule has 144 valence electrons. The second kappa shape index (κ2) is 7.63. The lowest BCUT2D eigenvalue weighted by Gasteiger charge is -2.17. The van der Waals surface area contributed by atoms with E-state index < -0.39 is 0 Å². The maximum absolute atomic E-state index is 12.5. The fraction of sp³-hybridized carbons (Fsp3) is 0.316. The van der Waals surface area contributed by atoms with Crippen molar-refractivity contribution in [1.82, 2.24) is 30.0 Å². The molecule has 1 N–H and O–H groups in total. The van der Waals surface area contributed by atoms with Gasteiger partial charge < -0.3 is 15.0 Å². The Kier molecular flexibility index (Phi) is 4.88. The van der Waals surface area contributed by atoms with Crippen LogP contribution in [0.4, 0.5) is 5.95 Å². The molecule has 0 radical (unpaired) electrons. The van der Waals surface area contributed by atoms with Gasteiger partial charge in [0.15, 0.2) is 0 Å². The molecule has 0 spiro atoms. The molecule has 1 aliphatic rings. The number of nitrogens with one attached hydrogen (secondary N) is 1. The number of carbonyl (C=O) groups excluding carboxylic acids is 1. The van der Waals surface area contributed by atoms with E-state index >= 15 is 0 Å². The topological polar surface area (TPSA) is 98.1 Å². The molecule has 4 heterocycles. The molecule has 1 unspecified atom stereocenters. The van der Waals surface area contributed by atoms with Gasteiger partial charge >= 0.3 is 0 Å². The predicted molar refractivity (Wildman–Crippen MR) is 103 cm³/mol. The number of aryl methyl sites for hydroxylation is 1. The van der Waals surface area contributed by atoms with Gasteiger partial charge in [-0.25, -0.2) is 9.97 Å². The molecule has 3 aromatic rings. The minimum atomic E-state index is -0.212. The summed E-state index contributed by atoms with van der Waals surface area (Å²) in [6, 6.07) is 5.21. The highest BCUT2D eigenvalue weighted by molar-refractivity contribution is 5.92. The Morgan fingerprint density at radius 1 is 1.29 bits per heavy atom. The molecule has 0 aliphatic carbocycles. The summed E-state index contributed by atoms with van der Waals surface area (Å²) in [6.45, 7) is 1.42. The van der Waals surface area contributed by atoms with Crippen LogP contribution in [0.25, 0.3) is 11.3 Å². The van der Waals surface area contributed by atoms with Gasteiger partial charge in [0.05, 0.1) is 19.0 Å². The first-order valence-corrected chi connectivity index (χ1v) is 9.00. The first-order chi connectivity index (χ1) is 13.6. The van der Waals surface area contributed by atoms with Crippen LogP contribution >= 0.6 is 0 Å². The molecule has 1 amide bonds. The second-order valence-electron chi connectivity index (χ2n) is 6.63. The molecule has 28 heavy (non-hydrogen) atoms. The van der Waals surface area contributed by atoms with Gasteiger partial charge in [-0.3, -0.25) is 14.5 Å². The SMILES string of the molecule is COc1ccnc(C(=O)NC2CCN(c3nccc(-c4cnn(C)c4)n3)C2)c1. The number of amides is 1. The minimum absolute atomic E-state index is 0.00569. The number of nitrogens with zero attached hydrogens (tertiary/aromatic N) is 6. The van der Waals surface area contributed by atoms with E-state index in [0.717, 1.165) is 24.2 Å². The standard InChI is InChI=1S/C19H21N7O2/c1-25-11-13(10-22-25)16-4-7-21-19(24-16)26-8-5-14(12-26)23-18(27)17-9-15(28-2)3-6-20-17/h3-4,6-7,9-11,14H,5,8,12H2,1-2H3,(H,23,27). The quantitative estimate of drug-likeness (QED) is 0.713. The van der Waals surface area contributed by atoms with E-state index in [1.54, 1.807) is 42.5 Å². The Labute approximate surface area is 162 Å². The van der Waals surface area contributed by atoms with Gasteiger partial charge in [-0.1, -0.05) is 0 Å². The lowest BCUT2D eigenvalue weighted by molar-refractivity contribution is 0.0935. The zero-order chi connectivity index (χ0) is 19.5. The third kappa shape index (κ3) is 3.78. The Hall–Kier alpha value is -3.49. The smallest absolute Gasteiger partial charge is 0.270 e. The van der Waals surface area contributed by atoms with Gasteiger partial charge in [-0.15, -0.1) is 0 Å². The van der Waals surface area contributed by atoms with Crippen molar-refractivity contribution in [2.75, 3.05) is 25.1 Å². The van der Waals surface area contributed by atoms with Crippen LogP contribution in [0.15, 0.2) is 43.0 Å². The molecule has 0 aromatic carbocycles. The number of carbonyl (C=O) groups is 1. The third-order valence-corrected chi connectivity index (χ3v) is 4.65. The van der Waals surface area contributed by atoms with Crippen LogP contribution in [0.2, 0.25) is 0 Å². The van der Waals surface area contributed by atoms with Gasteiger partial charge in [-0.05, 0) is 18.6 Å². The summed E-state index contributed by atoms with van der Waals surface area (Å²) in [5, 5.41) is 7.21. The van der Waals surface area contributed by atoms with Gasteiger partial charge in [0, 0.05) is 56.4 Å². The number of aromatic nitrogens is 5. The summed E-state index contributed by atoms with van der Waals surface area (Å²) in [5.74, 6) is 1.04. The first-order valence-electron chi connectivity index (χ1n) is 9.00. The molecular formula is C19H21N7O2. The molecule has 9 nitrogen and oxygen atoms in total. The van der Waals surface area contributed by atoms with Crippen LogP contribution in [0.5, 0.6) is 5.75 Å². The van der Waals surface area contributed by atoms with Crippen molar-refractivity contribution in [1.29, 1.82) is 0 Å². The van der Waals surface area contributed by atoms with Gasteiger partial charge in [-0.2, -0.15) is 5.10 Å². The fourth-order valence-corrected chi connectivity index (χ4v) is 3.20. The maximum atomic E-state index is 12.5. The zero-order valence-corrected chi connectivity index (χ0v) is 15.7. The van der Waals surface area contributed by atoms with Crippen LogP contribution in [0, 0.1) is 0 Å². The van der Waals surface area contributed by atoms with Gasteiger partial charge in [0.2, 0.25) is 5.95 Å².